The summed E-state index contributed by atoms with van der Waals surface area (Å²) < 4.78 is 18.0. The largest absolute Gasteiger partial charge is 0.469 e. The maximum atomic E-state index is 13.4. The van der Waals surface area contributed by atoms with Crippen LogP contribution in [0.3, 0.4) is 0 Å². The third-order valence-electron chi connectivity index (χ3n) is 1.75. The summed E-state index contributed by atoms with van der Waals surface area (Å²) in [5.74, 6) is -1.00. The van der Waals surface area contributed by atoms with E-state index < -0.39 is 11.8 Å². The Labute approximate surface area is 89.2 Å². The molecule has 1 aromatic carbocycles. The quantitative estimate of drug-likeness (QED) is 0.654. The Morgan fingerprint density at radius 1 is 1.64 bits per heavy atom. The molecular formula is C9H9BrFNO2. The molecule has 0 bridgehead atoms. The number of nitrogens with two attached hydrogens (primary N) is 1. The number of carbonyl (C=O) groups is 1. The molecule has 76 valence electrons. The Balaban J connectivity index is 3.00. The smallest absolute Gasteiger partial charge is 0.310 e. The molecule has 2 N–H and O–H groups in total. The van der Waals surface area contributed by atoms with Crippen LogP contribution >= 0.6 is 15.9 Å². The monoisotopic (exact) mass is 261 g/mol. The van der Waals surface area contributed by atoms with Crippen molar-refractivity contribution >= 4 is 27.6 Å². The number of halogens is 2. The Kier molecular flexibility index (Phi) is 3.46. The molecule has 0 saturated heterocycles. The van der Waals surface area contributed by atoms with Gasteiger partial charge >= 0.3 is 5.97 Å². The van der Waals surface area contributed by atoms with Crippen molar-refractivity contribution in [2.24, 2.45) is 0 Å². The number of hydrogen-bond acceptors (Lipinski definition) is 3. The van der Waals surface area contributed by atoms with Crippen LogP contribution in [0, 0.1) is 5.82 Å². The SMILES string of the molecule is COC(=O)Cc1ccc(N)c(Br)c1F. The minimum atomic E-state index is -0.518. The van der Waals surface area contributed by atoms with Gasteiger partial charge < -0.3 is 10.5 Å². The lowest BCUT2D eigenvalue weighted by Crippen LogP contribution is -2.07. The molecule has 5 heteroatoms. The maximum Gasteiger partial charge on any atom is 0.310 e. The van der Waals surface area contributed by atoms with Crippen LogP contribution in [0.5, 0.6) is 0 Å². The van der Waals surface area contributed by atoms with E-state index in [1.807, 2.05) is 0 Å². The molecule has 0 fully saturated rings. The van der Waals surface area contributed by atoms with Gasteiger partial charge in [-0.15, -0.1) is 0 Å². The van der Waals surface area contributed by atoms with Crippen LogP contribution in [0.25, 0.3) is 0 Å². The first-order valence-electron chi connectivity index (χ1n) is 3.85. The lowest BCUT2D eigenvalue weighted by atomic mass is 10.1. The highest BCUT2D eigenvalue weighted by Crippen LogP contribution is 2.25. The topological polar surface area (TPSA) is 52.3 Å². The fourth-order valence-electron chi connectivity index (χ4n) is 0.969. The first kappa shape index (κ1) is 11.0. The van der Waals surface area contributed by atoms with Crippen molar-refractivity contribution < 1.29 is 13.9 Å². The van der Waals surface area contributed by atoms with Gasteiger partial charge in [-0.05, 0) is 22.0 Å². The van der Waals surface area contributed by atoms with E-state index in [9.17, 15) is 9.18 Å². The van der Waals surface area contributed by atoms with Crippen LogP contribution in [0.2, 0.25) is 0 Å². The van der Waals surface area contributed by atoms with Crippen LogP contribution in [0.15, 0.2) is 16.6 Å². The van der Waals surface area contributed by atoms with Crippen LogP contribution in [-0.4, -0.2) is 13.1 Å². The van der Waals surface area contributed by atoms with E-state index in [0.717, 1.165) is 0 Å². The highest BCUT2D eigenvalue weighted by atomic mass is 79.9. The van der Waals surface area contributed by atoms with Crippen LogP contribution in [0.4, 0.5) is 10.1 Å². The van der Waals surface area contributed by atoms with E-state index in [2.05, 4.69) is 20.7 Å². The summed E-state index contributed by atoms with van der Waals surface area (Å²) >= 11 is 2.99. The van der Waals surface area contributed by atoms with Crippen molar-refractivity contribution in [2.75, 3.05) is 12.8 Å². The van der Waals surface area contributed by atoms with Crippen LogP contribution < -0.4 is 5.73 Å². The molecule has 1 aromatic rings. The van der Waals surface area contributed by atoms with E-state index in [1.54, 1.807) is 0 Å². The Bertz CT molecular complexity index is 368. The molecule has 0 spiro atoms. The normalized spacial score (nSPS) is 9.93. The van der Waals surface area contributed by atoms with Gasteiger partial charge in [0, 0.05) is 11.3 Å². The first-order chi connectivity index (χ1) is 6.56. The number of anilines is 1. The number of esters is 1. The van der Waals surface area contributed by atoms with Crippen molar-refractivity contribution in [3.8, 4) is 0 Å². The van der Waals surface area contributed by atoms with Crippen molar-refractivity contribution in [1.82, 2.24) is 0 Å². The van der Waals surface area contributed by atoms with Gasteiger partial charge in [0.05, 0.1) is 18.0 Å². The first-order valence-corrected chi connectivity index (χ1v) is 4.64. The van der Waals surface area contributed by atoms with Gasteiger partial charge in [0.2, 0.25) is 0 Å². The van der Waals surface area contributed by atoms with E-state index in [1.165, 1.54) is 19.2 Å². The average Bonchev–Trinajstić information content (AvgIpc) is 2.19. The predicted octanol–water partition coefficient (Wildman–Crippen LogP) is 1.89. The van der Waals surface area contributed by atoms with Gasteiger partial charge in [0.25, 0.3) is 0 Å². The molecule has 0 unspecified atom stereocenters. The molecule has 0 saturated carbocycles. The zero-order valence-electron chi connectivity index (χ0n) is 7.51. The highest BCUT2D eigenvalue weighted by molar-refractivity contribution is 9.10. The number of nitrogen functional groups attached to an aromatic ring is 1. The van der Waals surface area contributed by atoms with Crippen LogP contribution in [0.1, 0.15) is 5.56 Å². The molecule has 0 aliphatic rings. The highest BCUT2D eigenvalue weighted by Gasteiger charge is 2.12. The molecule has 0 aromatic heterocycles. The number of benzene rings is 1. The molecule has 3 nitrogen and oxygen atoms in total. The van der Waals surface area contributed by atoms with E-state index in [0.29, 0.717) is 5.69 Å². The second-order valence-electron chi connectivity index (χ2n) is 2.69. The summed E-state index contributed by atoms with van der Waals surface area (Å²) in [5.41, 5.74) is 6.01. The Morgan fingerprint density at radius 3 is 2.86 bits per heavy atom. The number of hydrogen-bond donors (Lipinski definition) is 1. The van der Waals surface area contributed by atoms with Gasteiger partial charge in [0.1, 0.15) is 5.82 Å². The maximum absolute atomic E-state index is 13.4. The van der Waals surface area contributed by atoms with Crippen molar-refractivity contribution in [1.29, 1.82) is 0 Å². The second-order valence-corrected chi connectivity index (χ2v) is 3.49. The van der Waals surface area contributed by atoms with Gasteiger partial charge in [-0.3, -0.25) is 4.79 Å². The molecule has 1 rings (SSSR count). The number of rotatable bonds is 2. The Morgan fingerprint density at radius 2 is 2.29 bits per heavy atom. The van der Waals surface area contributed by atoms with Crippen LogP contribution in [-0.2, 0) is 16.0 Å². The predicted molar refractivity (Wildman–Crippen MR) is 54.2 cm³/mol. The zero-order valence-corrected chi connectivity index (χ0v) is 9.10. The van der Waals surface area contributed by atoms with E-state index >= 15 is 0 Å². The van der Waals surface area contributed by atoms with E-state index in [4.69, 9.17) is 5.73 Å². The van der Waals surface area contributed by atoms with Crippen molar-refractivity contribution in [2.45, 2.75) is 6.42 Å². The molecule has 0 heterocycles. The summed E-state index contributed by atoms with van der Waals surface area (Å²) in [7, 11) is 1.26. The fraction of sp³-hybridized carbons (Fsp3) is 0.222. The van der Waals surface area contributed by atoms with Crippen molar-refractivity contribution in [3.05, 3.63) is 28.0 Å². The Hall–Kier alpha value is -1.10. The molecule has 0 amide bonds. The standard InChI is InChI=1S/C9H9BrFNO2/c1-14-7(13)4-5-2-3-6(12)8(10)9(5)11/h2-3H,4,12H2,1H3. The number of ether oxygens (including phenoxy) is 1. The lowest BCUT2D eigenvalue weighted by molar-refractivity contribution is -0.139. The third-order valence-corrected chi connectivity index (χ3v) is 2.56. The molecule has 0 radical (unpaired) electrons. The average molecular weight is 262 g/mol. The second kappa shape index (κ2) is 4.41. The minimum Gasteiger partial charge on any atom is -0.469 e. The van der Waals surface area contributed by atoms with Gasteiger partial charge in [0.15, 0.2) is 0 Å². The fourth-order valence-corrected chi connectivity index (χ4v) is 1.36. The summed E-state index contributed by atoms with van der Waals surface area (Å²) in [4.78, 5) is 10.9. The van der Waals surface area contributed by atoms with Gasteiger partial charge in [-0.2, -0.15) is 0 Å². The van der Waals surface area contributed by atoms with Gasteiger partial charge in [-0.1, -0.05) is 6.07 Å². The number of methoxy groups -OCH3 is 1. The molecular weight excluding hydrogens is 253 g/mol. The third kappa shape index (κ3) is 2.23. The summed E-state index contributed by atoms with van der Waals surface area (Å²) in [6.45, 7) is 0. The summed E-state index contributed by atoms with van der Waals surface area (Å²) in [5, 5.41) is 0. The summed E-state index contributed by atoms with van der Waals surface area (Å²) in [6.07, 6.45) is -0.0960. The lowest BCUT2D eigenvalue weighted by Gasteiger charge is -2.05. The zero-order chi connectivity index (χ0) is 10.7. The summed E-state index contributed by atoms with van der Waals surface area (Å²) in [6, 6.07) is 3.00. The molecule has 14 heavy (non-hydrogen) atoms. The molecule has 0 aliphatic carbocycles. The minimum absolute atomic E-state index is 0.0960. The van der Waals surface area contributed by atoms with E-state index in [-0.39, 0.29) is 16.5 Å². The molecule has 0 atom stereocenters. The van der Waals surface area contributed by atoms with Crippen molar-refractivity contribution in [3.63, 3.8) is 0 Å². The number of carbonyl (C=O) groups excluding carboxylic acids is 1. The van der Waals surface area contributed by atoms with Gasteiger partial charge in [-0.25, -0.2) is 4.39 Å². The molecule has 0 aliphatic heterocycles.